The van der Waals surface area contributed by atoms with E-state index in [1.165, 1.54) is 22.8 Å². The molecule has 0 heterocycles. The van der Waals surface area contributed by atoms with Gasteiger partial charge in [0.05, 0.1) is 3.74 Å². The molecular formula is C14H14Br2. The molecule has 0 saturated carbocycles. The van der Waals surface area contributed by atoms with Gasteiger partial charge in [-0.2, -0.15) is 0 Å². The molecule has 2 aromatic rings. The number of hydrogen-bond acceptors (Lipinski definition) is 0. The van der Waals surface area contributed by atoms with Crippen LogP contribution in [0, 0.1) is 0 Å². The van der Waals surface area contributed by atoms with E-state index in [1.807, 2.05) is 0 Å². The van der Waals surface area contributed by atoms with Crippen LogP contribution < -0.4 is 0 Å². The molecule has 16 heavy (non-hydrogen) atoms. The minimum Gasteiger partial charge on any atom is -0.0765 e. The van der Waals surface area contributed by atoms with Crippen LogP contribution in [0.2, 0.25) is 0 Å². The standard InChI is InChI=1S/C14H14Br2/c15-14(16)10-4-8-12-7-3-6-11-5-1-2-9-13(11)12/h1-3,5-7,9,14H,4,8,10H2. The SMILES string of the molecule is BrC(Br)CCCc1cccc2ccccc12. The topological polar surface area (TPSA) is 0 Å². The lowest BCUT2D eigenvalue weighted by molar-refractivity contribution is 0.797. The highest BCUT2D eigenvalue weighted by atomic mass is 79.9. The van der Waals surface area contributed by atoms with Crippen molar-refractivity contribution in [2.45, 2.75) is 23.0 Å². The van der Waals surface area contributed by atoms with Gasteiger partial charge in [-0.3, -0.25) is 0 Å². The van der Waals surface area contributed by atoms with Crippen molar-refractivity contribution < 1.29 is 0 Å². The first-order valence-electron chi connectivity index (χ1n) is 5.52. The molecule has 0 atom stereocenters. The van der Waals surface area contributed by atoms with Crippen LogP contribution in [0.4, 0.5) is 0 Å². The van der Waals surface area contributed by atoms with Gasteiger partial charge in [-0.05, 0) is 35.6 Å². The largest absolute Gasteiger partial charge is 0.0765 e. The summed E-state index contributed by atoms with van der Waals surface area (Å²) in [4.78, 5) is 0. The van der Waals surface area contributed by atoms with E-state index in [1.54, 1.807) is 0 Å². The summed E-state index contributed by atoms with van der Waals surface area (Å²) in [6, 6.07) is 15.2. The predicted molar refractivity (Wildman–Crippen MR) is 78.5 cm³/mol. The van der Waals surface area contributed by atoms with Crippen LogP contribution >= 0.6 is 31.9 Å². The highest BCUT2D eigenvalue weighted by Gasteiger charge is 2.02. The molecule has 0 unspecified atom stereocenters. The number of alkyl halides is 2. The van der Waals surface area contributed by atoms with Crippen LogP contribution in [0.3, 0.4) is 0 Å². The lowest BCUT2D eigenvalue weighted by atomic mass is 10.0. The lowest BCUT2D eigenvalue weighted by Crippen LogP contribution is -1.91. The molecule has 0 aromatic heterocycles. The summed E-state index contributed by atoms with van der Waals surface area (Å²) in [5.74, 6) is 0. The average molecular weight is 342 g/mol. The van der Waals surface area contributed by atoms with Crippen LogP contribution in [0.25, 0.3) is 10.8 Å². The van der Waals surface area contributed by atoms with Gasteiger partial charge < -0.3 is 0 Å². The van der Waals surface area contributed by atoms with Gasteiger partial charge in [0.15, 0.2) is 0 Å². The number of hydrogen-bond donors (Lipinski definition) is 0. The molecule has 0 radical (unpaired) electrons. The second-order valence-corrected chi connectivity index (χ2v) is 7.36. The van der Waals surface area contributed by atoms with E-state index in [0.717, 1.165) is 12.8 Å². The normalized spacial score (nSPS) is 11.2. The van der Waals surface area contributed by atoms with Gasteiger partial charge in [0.1, 0.15) is 0 Å². The summed E-state index contributed by atoms with van der Waals surface area (Å²) in [5.41, 5.74) is 1.46. The molecule has 0 saturated heterocycles. The minimum atomic E-state index is 0.440. The van der Waals surface area contributed by atoms with Crippen LogP contribution in [0.5, 0.6) is 0 Å². The van der Waals surface area contributed by atoms with Crippen molar-refractivity contribution in [2.24, 2.45) is 0 Å². The zero-order valence-electron chi connectivity index (χ0n) is 9.00. The van der Waals surface area contributed by atoms with E-state index in [0.29, 0.717) is 3.74 Å². The van der Waals surface area contributed by atoms with E-state index in [2.05, 4.69) is 74.3 Å². The Kier molecular flexibility index (Phi) is 4.42. The molecule has 0 fully saturated rings. The smallest absolute Gasteiger partial charge is 0.0698 e. The highest BCUT2D eigenvalue weighted by molar-refractivity contribution is 9.24. The Bertz CT molecular complexity index is 458. The number of aryl methyl sites for hydroxylation is 1. The molecule has 0 aliphatic rings. The van der Waals surface area contributed by atoms with Crippen LogP contribution in [-0.2, 0) is 6.42 Å². The molecular weight excluding hydrogens is 328 g/mol. The second-order valence-electron chi connectivity index (χ2n) is 3.92. The molecule has 0 spiro atoms. The zero-order chi connectivity index (χ0) is 11.4. The Morgan fingerprint density at radius 1 is 0.938 bits per heavy atom. The monoisotopic (exact) mass is 340 g/mol. The number of fused-ring (bicyclic) bond motifs is 1. The molecule has 2 aromatic carbocycles. The van der Waals surface area contributed by atoms with Crippen molar-refractivity contribution >= 4 is 42.6 Å². The fourth-order valence-electron chi connectivity index (χ4n) is 1.96. The fraction of sp³-hybridized carbons (Fsp3) is 0.286. The van der Waals surface area contributed by atoms with Gasteiger partial charge in [-0.15, -0.1) is 0 Å². The third-order valence-corrected chi connectivity index (χ3v) is 3.66. The minimum absolute atomic E-state index is 0.440. The Balaban J connectivity index is 2.17. The third kappa shape index (κ3) is 3.08. The van der Waals surface area contributed by atoms with E-state index < -0.39 is 0 Å². The summed E-state index contributed by atoms with van der Waals surface area (Å²) in [6.45, 7) is 0. The fourth-order valence-corrected chi connectivity index (χ4v) is 2.60. The van der Waals surface area contributed by atoms with Gasteiger partial charge in [0.2, 0.25) is 0 Å². The molecule has 0 aliphatic heterocycles. The first kappa shape index (κ1) is 12.1. The summed E-state index contributed by atoms with van der Waals surface area (Å²) in [5, 5.41) is 2.74. The quantitative estimate of drug-likeness (QED) is 0.664. The maximum atomic E-state index is 3.51. The Morgan fingerprint density at radius 3 is 2.50 bits per heavy atom. The summed E-state index contributed by atoms with van der Waals surface area (Å²) in [6.07, 6.45) is 3.51. The van der Waals surface area contributed by atoms with Gasteiger partial charge in [-0.25, -0.2) is 0 Å². The maximum absolute atomic E-state index is 3.51. The van der Waals surface area contributed by atoms with Crippen molar-refractivity contribution in [2.75, 3.05) is 0 Å². The van der Waals surface area contributed by atoms with Crippen molar-refractivity contribution in [1.29, 1.82) is 0 Å². The predicted octanol–water partition coefficient (Wildman–Crippen LogP) is 5.28. The van der Waals surface area contributed by atoms with Crippen molar-refractivity contribution in [3.05, 3.63) is 48.0 Å². The van der Waals surface area contributed by atoms with Gasteiger partial charge in [-0.1, -0.05) is 74.3 Å². The van der Waals surface area contributed by atoms with E-state index in [4.69, 9.17) is 0 Å². The van der Waals surface area contributed by atoms with Gasteiger partial charge in [0, 0.05) is 0 Å². The van der Waals surface area contributed by atoms with Crippen molar-refractivity contribution in [1.82, 2.24) is 0 Å². The molecule has 2 rings (SSSR count). The number of rotatable bonds is 4. The Hall–Kier alpha value is -0.340. The molecule has 0 N–H and O–H groups in total. The van der Waals surface area contributed by atoms with E-state index in [9.17, 15) is 0 Å². The molecule has 0 amide bonds. The molecule has 2 heteroatoms. The van der Waals surface area contributed by atoms with Gasteiger partial charge >= 0.3 is 0 Å². The van der Waals surface area contributed by atoms with Crippen molar-refractivity contribution in [3.63, 3.8) is 0 Å². The summed E-state index contributed by atoms with van der Waals surface area (Å²) in [7, 11) is 0. The number of benzene rings is 2. The number of halogens is 2. The van der Waals surface area contributed by atoms with Crippen LogP contribution in [-0.4, -0.2) is 3.74 Å². The summed E-state index contributed by atoms with van der Waals surface area (Å²) < 4.78 is 0.440. The van der Waals surface area contributed by atoms with Gasteiger partial charge in [0.25, 0.3) is 0 Å². The van der Waals surface area contributed by atoms with Crippen molar-refractivity contribution in [3.8, 4) is 0 Å². The Labute approximate surface area is 113 Å². The molecule has 0 nitrogen and oxygen atoms in total. The van der Waals surface area contributed by atoms with E-state index >= 15 is 0 Å². The maximum Gasteiger partial charge on any atom is 0.0698 e. The molecule has 0 aliphatic carbocycles. The Morgan fingerprint density at radius 2 is 1.69 bits per heavy atom. The summed E-state index contributed by atoms with van der Waals surface area (Å²) >= 11 is 7.03. The first-order valence-corrected chi connectivity index (χ1v) is 7.35. The highest BCUT2D eigenvalue weighted by Crippen LogP contribution is 2.22. The molecule has 84 valence electrons. The zero-order valence-corrected chi connectivity index (χ0v) is 12.2. The molecule has 0 bridgehead atoms. The lowest BCUT2D eigenvalue weighted by Gasteiger charge is -2.06. The first-order chi connectivity index (χ1) is 7.77. The van der Waals surface area contributed by atoms with E-state index in [-0.39, 0.29) is 0 Å². The van der Waals surface area contributed by atoms with Crippen LogP contribution in [0.1, 0.15) is 18.4 Å². The second kappa shape index (κ2) is 5.83. The average Bonchev–Trinajstić information content (AvgIpc) is 2.29. The third-order valence-electron chi connectivity index (χ3n) is 2.75. The van der Waals surface area contributed by atoms with Crippen LogP contribution in [0.15, 0.2) is 42.5 Å².